The number of carbonyl (C=O) groups excluding carboxylic acids is 2. The van der Waals surface area contributed by atoms with Crippen LogP contribution in [0.3, 0.4) is 0 Å². The number of hydrogen-bond donors (Lipinski definition) is 2. The van der Waals surface area contributed by atoms with Crippen LogP contribution in [-0.4, -0.2) is 25.5 Å². The smallest absolute Gasteiger partial charge is 0.229 e. The van der Waals surface area contributed by atoms with Gasteiger partial charge in [0, 0.05) is 35.7 Å². The van der Waals surface area contributed by atoms with Crippen LogP contribution in [0.25, 0.3) is 0 Å². The van der Waals surface area contributed by atoms with Crippen molar-refractivity contribution in [2.24, 2.45) is 5.92 Å². The van der Waals surface area contributed by atoms with Crippen LogP contribution in [0.2, 0.25) is 0 Å². The normalized spacial score (nSPS) is 15.7. The Morgan fingerprint density at radius 2 is 1.53 bits per heavy atom. The quantitative estimate of drug-likeness (QED) is 0.641. The molecular weight excluding hydrogens is 378 g/mol. The summed E-state index contributed by atoms with van der Waals surface area (Å²) in [4.78, 5) is 26.8. The van der Waals surface area contributed by atoms with Crippen molar-refractivity contribution in [1.82, 2.24) is 0 Å². The number of methoxy groups -OCH3 is 1. The topological polar surface area (TPSA) is 70.7 Å². The Hall–Kier alpha value is -3.80. The minimum Gasteiger partial charge on any atom is -0.497 e. The van der Waals surface area contributed by atoms with Crippen molar-refractivity contribution in [3.63, 3.8) is 0 Å². The van der Waals surface area contributed by atoms with Crippen LogP contribution in [0.5, 0.6) is 5.75 Å². The van der Waals surface area contributed by atoms with E-state index in [0.717, 1.165) is 22.8 Å². The minimum atomic E-state index is -0.387. The van der Waals surface area contributed by atoms with E-state index in [-0.39, 0.29) is 24.2 Å². The highest BCUT2D eigenvalue weighted by Gasteiger charge is 2.35. The molecule has 1 heterocycles. The zero-order valence-corrected chi connectivity index (χ0v) is 16.7. The Bertz CT molecular complexity index is 1020. The molecule has 0 bridgehead atoms. The molecule has 1 fully saturated rings. The van der Waals surface area contributed by atoms with Gasteiger partial charge in [0.1, 0.15) is 5.75 Å². The lowest BCUT2D eigenvalue weighted by atomic mass is 10.1. The van der Waals surface area contributed by atoms with E-state index >= 15 is 0 Å². The Morgan fingerprint density at radius 3 is 2.20 bits per heavy atom. The van der Waals surface area contributed by atoms with E-state index in [4.69, 9.17) is 4.74 Å². The van der Waals surface area contributed by atoms with Gasteiger partial charge in [-0.1, -0.05) is 18.2 Å². The van der Waals surface area contributed by atoms with Crippen LogP contribution in [0, 0.1) is 5.92 Å². The van der Waals surface area contributed by atoms with Crippen LogP contribution in [0.1, 0.15) is 6.42 Å². The number of para-hydroxylation sites is 1. The highest BCUT2D eigenvalue weighted by molar-refractivity contribution is 6.03. The van der Waals surface area contributed by atoms with Crippen molar-refractivity contribution < 1.29 is 14.3 Å². The summed E-state index contributed by atoms with van der Waals surface area (Å²) in [7, 11) is 1.60. The lowest BCUT2D eigenvalue weighted by Gasteiger charge is -2.17. The molecule has 1 aliphatic rings. The average molecular weight is 401 g/mol. The zero-order chi connectivity index (χ0) is 20.9. The summed E-state index contributed by atoms with van der Waals surface area (Å²) in [6, 6.07) is 24.7. The van der Waals surface area contributed by atoms with Crippen molar-refractivity contribution in [3.8, 4) is 5.75 Å². The van der Waals surface area contributed by atoms with E-state index in [1.165, 1.54) is 0 Å². The van der Waals surface area contributed by atoms with Gasteiger partial charge in [0.2, 0.25) is 11.8 Å². The van der Waals surface area contributed by atoms with E-state index in [0.29, 0.717) is 12.2 Å². The van der Waals surface area contributed by atoms with Crippen molar-refractivity contribution in [2.45, 2.75) is 6.42 Å². The molecule has 1 aliphatic heterocycles. The van der Waals surface area contributed by atoms with Gasteiger partial charge in [-0.3, -0.25) is 9.59 Å². The number of carbonyl (C=O) groups is 2. The first kappa shape index (κ1) is 19.5. The fourth-order valence-corrected chi connectivity index (χ4v) is 3.46. The number of hydrogen-bond acceptors (Lipinski definition) is 4. The summed E-state index contributed by atoms with van der Waals surface area (Å²) in [5, 5.41) is 6.22. The number of nitrogens with one attached hydrogen (secondary N) is 2. The Kier molecular flexibility index (Phi) is 5.66. The monoisotopic (exact) mass is 401 g/mol. The molecule has 6 heteroatoms. The van der Waals surface area contributed by atoms with Crippen molar-refractivity contribution in [2.75, 3.05) is 29.2 Å². The van der Waals surface area contributed by atoms with Gasteiger partial charge >= 0.3 is 0 Å². The van der Waals surface area contributed by atoms with Gasteiger partial charge in [0.05, 0.1) is 13.0 Å². The zero-order valence-electron chi connectivity index (χ0n) is 16.7. The Labute approximate surface area is 175 Å². The number of benzene rings is 3. The van der Waals surface area contributed by atoms with Gasteiger partial charge in [-0.05, 0) is 60.7 Å². The number of nitrogens with zero attached hydrogens (tertiary/aromatic N) is 1. The van der Waals surface area contributed by atoms with Crippen molar-refractivity contribution in [1.29, 1.82) is 0 Å². The van der Waals surface area contributed by atoms with Crippen molar-refractivity contribution >= 4 is 34.6 Å². The summed E-state index contributed by atoms with van der Waals surface area (Å²) < 4.78 is 5.15. The minimum absolute atomic E-state index is 0.0530. The average Bonchev–Trinajstić information content (AvgIpc) is 3.18. The second kappa shape index (κ2) is 8.69. The first-order valence-corrected chi connectivity index (χ1v) is 9.80. The predicted octanol–water partition coefficient (Wildman–Crippen LogP) is 4.43. The molecule has 1 saturated heterocycles. The van der Waals surface area contributed by atoms with E-state index in [2.05, 4.69) is 10.6 Å². The van der Waals surface area contributed by atoms with Crippen LogP contribution in [0.4, 0.5) is 22.7 Å². The standard InChI is InChI=1S/C24H23N3O3/c1-30-22-13-11-21(12-14-22)27-16-17(15-23(27)28)24(29)26-20-9-7-19(8-10-20)25-18-5-3-2-4-6-18/h2-14,17,25H,15-16H2,1H3,(H,26,29). The molecule has 3 aromatic carbocycles. The van der Waals surface area contributed by atoms with Crippen LogP contribution in [0.15, 0.2) is 78.9 Å². The largest absolute Gasteiger partial charge is 0.497 e. The molecule has 152 valence electrons. The molecule has 30 heavy (non-hydrogen) atoms. The molecule has 2 amide bonds. The maximum Gasteiger partial charge on any atom is 0.229 e. The SMILES string of the molecule is COc1ccc(N2CC(C(=O)Nc3ccc(Nc4ccccc4)cc3)CC2=O)cc1. The number of rotatable bonds is 6. The predicted molar refractivity (Wildman–Crippen MR) is 118 cm³/mol. The van der Waals surface area contributed by atoms with Crippen molar-refractivity contribution in [3.05, 3.63) is 78.9 Å². The Morgan fingerprint density at radius 1 is 0.900 bits per heavy atom. The van der Waals surface area contributed by atoms with E-state index < -0.39 is 0 Å². The first-order valence-electron chi connectivity index (χ1n) is 9.80. The van der Waals surface area contributed by atoms with Crippen LogP contribution < -0.4 is 20.3 Å². The summed E-state index contributed by atoms with van der Waals surface area (Å²) in [5.41, 5.74) is 3.40. The van der Waals surface area contributed by atoms with Gasteiger partial charge in [-0.2, -0.15) is 0 Å². The first-order chi connectivity index (χ1) is 14.6. The van der Waals surface area contributed by atoms with E-state index in [9.17, 15) is 9.59 Å². The molecule has 3 aromatic rings. The number of anilines is 4. The van der Waals surface area contributed by atoms with Gasteiger partial charge in [0.15, 0.2) is 0 Å². The third-order valence-electron chi connectivity index (χ3n) is 5.09. The maximum absolute atomic E-state index is 12.7. The molecule has 1 atom stereocenters. The lowest BCUT2D eigenvalue weighted by Crippen LogP contribution is -2.28. The highest BCUT2D eigenvalue weighted by atomic mass is 16.5. The summed E-state index contributed by atoms with van der Waals surface area (Å²) in [5.74, 6) is 0.137. The maximum atomic E-state index is 12.7. The van der Waals surface area contributed by atoms with Gasteiger partial charge in [-0.25, -0.2) is 0 Å². The highest BCUT2D eigenvalue weighted by Crippen LogP contribution is 2.28. The molecule has 0 aliphatic carbocycles. The Balaban J connectivity index is 1.36. The van der Waals surface area contributed by atoms with E-state index in [1.54, 1.807) is 24.1 Å². The molecule has 2 N–H and O–H groups in total. The van der Waals surface area contributed by atoms with Gasteiger partial charge in [-0.15, -0.1) is 0 Å². The molecule has 0 spiro atoms. The summed E-state index contributed by atoms with van der Waals surface area (Å²) in [6.07, 6.45) is 0.200. The number of ether oxygens (including phenoxy) is 1. The van der Waals surface area contributed by atoms with Crippen LogP contribution >= 0.6 is 0 Å². The lowest BCUT2D eigenvalue weighted by molar-refractivity contribution is -0.122. The third kappa shape index (κ3) is 4.43. The molecule has 0 aromatic heterocycles. The molecule has 1 unspecified atom stereocenters. The summed E-state index contributed by atoms with van der Waals surface area (Å²) in [6.45, 7) is 0.366. The fraction of sp³-hybridized carbons (Fsp3) is 0.167. The fourth-order valence-electron chi connectivity index (χ4n) is 3.46. The van der Waals surface area contributed by atoms with E-state index in [1.807, 2.05) is 66.7 Å². The third-order valence-corrected chi connectivity index (χ3v) is 5.09. The molecule has 6 nitrogen and oxygen atoms in total. The summed E-state index contributed by atoms with van der Waals surface area (Å²) >= 11 is 0. The molecule has 0 saturated carbocycles. The molecule has 0 radical (unpaired) electrons. The van der Waals surface area contributed by atoms with Gasteiger partial charge < -0.3 is 20.3 Å². The second-order valence-corrected chi connectivity index (χ2v) is 7.16. The van der Waals surface area contributed by atoms with Crippen LogP contribution in [-0.2, 0) is 9.59 Å². The van der Waals surface area contributed by atoms with Gasteiger partial charge in [0.25, 0.3) is 0 Å². The second-order valence-electron chi connectivity index (χ2n) is 7.16. The molecular formula is C24H23N3O3. The molecule has 4 rings (SSSR count). The number of amides is 2.